The maximum Gasteiger partial charge on any atom is 0.306 e. The first-order valence-electron chi connectivity index (χ1n) is 36.4. The van der Waals surface area contributed by atoms with Gasteiger partial charge in [-0.05, 0) is 70.6 Å². The Kier molecular flexibility index (Phi) is 68.6. The molecule has 0 aliphatic rings. The topological polar surface area (TPSA) is 78.9 Å². The van der Waals surface area contributed by atoms with Gasteiger partial charge in [0.25, 0.3) is 0 Å². The Morgan fingerprint density at radius 2 is 0.470 bits per heavy atom. The van der Waals surface area contributed by atoms with Gasteiger partial charge in [0.1, 0.15) is 13.2 Å². The highest BCUT2D eigenvalue weighted by atomic mass is 16.6. The fourth-order valence-corrected chi connectivity index (χ4v) is 10.8. The lowest BCUT2D eigenvalue weighted by Crippen LogP contribution is -2.30. The molecule has 6 nitrogen and oxygen atoms in total. The van der Waals surface area contributed by atoms with E-state index in [-0.39, 0.29) is 31.1 Å². The number of allylic oxidation sites excluding steroid dienone is 12. The predicted molar refractivity (Wildman–Crippen MR) is 362 cm³/mol. The Morgan fingerprint density at radius 1 is 0.253 bits per heavy atom. The summed E-state index contributed by atoms with van der Waals surface area (Å²) in [5, 5.41) is 0. The van der Waals surface area contributed by atoms with Crippen molar-refractivity contribution in [1.29, 1.82) is 0 Å². The molecule has 0 radical (unpaired) electrons. The van der Waals surface area contributed by atoms with Crippen LogP contribution in [0, 0.1) is 0 Å². The molecule has 1 atom stereocenters. The van der Waals surface area contributed by atoms with E-state index in [1.807, 2.05) is 0 Å². The summed E-state index contributed by atoms with van der Waals surface area (Å²) >= 11 is 0. The molecule has 0 heterocycles. The molecule has 1 unspecified atom stereocenters. The maximum absolute atomic E-state index is 12.9. The minimum absolute atomic E-state index is 0.0705. The summed E-state index contributed by atoms with van der Waals surface area (Å²) in [6.07, 6.45) is 94.3. The predicted octanol–water partition coefficient (Wildman–Crippen LogP) is 25.2. The van der Waals surface area contributed by atoms with E-state index in [1.165, 1.54) is 238 Å². The van der Waals surface area contributed by atoms with Gasteiger partial charge >= 0.3 is 17.9 Å². The van der Waals surface area contributed by atoms with E-state index in [2.05, 4.69) is 93.7 Å². The molecule has 0 aromatic carbocycles. The van der Waals surface area contributed by atoms with Crippen molar-refractivity contribution in [3.8, 4) is 0 Å². The minimum Gasteiger partial charge on any atom is -0.462 e. The second-order valence-corrected chi connectivity index (χ2v) is 24.5. The van der Waals surface area contributed by atoms with E-state index in [4.69, 9.17) is 14.2 Å². The first kappa shape index (κ1) is 79.8. The average molecular weight is 1160 g/mol. The first-order valence-corrected chi connectivity index (χ1v) is 36.4. The van der Waals surface area contributed by atoms with Crippen molar-refractivity contribution in [3.63, 3.8) is 0 Å². The molecule has 0 fully saturated rings. The second kappa shape index (κ2) is 71.3. The van der Waals surface area contributed by atoms with Gasteiger partial charge in [0.2, 0.25) is 0 Å². The second-order valence-electron chi connectivity index (χ2n) is 24.5. The Balaban J connectivity index is 3.93. The first-order chi connectivity index (χ1) is 41.0. The molecular formula is C77H138O6. The Morgan fingerprint density at radius 3 is 0.735 bits per heavy atom. The zero-order valence-electron chi connectivity index (χ0n) is 55.5. The third-order valence-electron chi connectivity index (χ3n) is 16.2. The molecule has 0 N–H and O–H groups in total. The molecule has 0 bridgehead atoms. The molecule has 0 aliphatic heterocycles. The molecule has 0 aliphatic carbocycles. The van der Waals surface area contributed by atoms with Crippen LogP contribution in [0.2, 0.25) is 0 Å². The average Bonchev–Trinajstić information content (AvgIpc) is 3.49. The van der Waals surface area contributed by atoms with Crippen LogP contribution in [-0.2, 0) is 28.6 Å². The number of ether oxygens (including phenoxy) is 3. The summed E-state index contributed by atoms with van der Waals surface area (Å²) in [5.74, 6) is -0.863. The number of hydrogen-bond donors (Lipinski definition) is 0. The van der Waals surface area contributed by atoms with Gasteiger partial charge in [-0.2, -0.15) is 0 Å². The van der Waals surface area contributed by atoms with Crippen molar-refractivity contribution in [3.05, 3.63) is 72.9 Å². The third kappa shape index (κ3) is 69.5. The Bertz CT molecular complexity index is 1520. The van der Waals surface area contributed by atoms with Gasteiger partial charge in [-0.25, -0.2) is 0 Å². The van der Waals surface area contributed by atoms with E-state index >= 15 is 0 Å². The van der Waals surface area contributed by atoms with Gasteiger partial charge in [0.15, 0.2) is 6.10 Å². The van der Waals surface area contributed by atoms with Crippen LogP contribution in [0.1, 0.15) is 380 Å². The SMILES string of the molecule is CC/C=C\C/C=C\C/C=C\C/C=C\C/C=C\C/C=C\CCCCCCCCCCCCCCCCC(=O)OCC(COC(=O)CCCCCCC)OC(=O)CCCCCCCCCCCCCCCCCCCCCCCCCCCCC. The van der Waals surface area contributed by atoms with E-state index in [1.54, 1.807) is 0 Å². The third-order valence-corrected chi connectivity index (χ3v) is 16.2. The van der Waals surface area contributed by atoms with E-state index < -0.39 is 6.10 Å². The van der Waals surface area contributed by atoms with Gasteiger partial charge in [0, 0.05) is 19.3 Å². The van der Waals surface area contributed by atoms with Crippen molar-refractivity contribution in [2.24, 2.45) is 0 Å². The maximum atomic E-state index is 12.9. The van der Waals surface area contributed by atoms with Crippen molar-refractivity contribution in [2.75, 3.05) is 13.2 Å². The molecule has 0 aromatic heterocycles. The highest BCUT2D eigenvalue weighted by Gasteiger charge is 2.19. The highest BCUT2D eigenvalue weighted by Crippen LogP contribution is 2.19. The van der Waals surface area contributed by atoms with Crippen LogP contribution < -0.4 is 0 Å². The molecule has 482 valence electrons. The van der Waals surface area contributed by atoms with E-state index in [9.17, 15) is 14.4 Å². The van der Waals surface area contributed by atoms with Crippen LogP contribution >= 0.6 is 0 Å². The van der Waals surface area contributed by atoms with Crippen molar-refractivity contribution >= 4 is 17.9 Å². The summed E-state index contributed by atoms with van der Waals surface area (Å²) in [4.78, 5) is 38.1. The lowest BCUT2D eigenvalue weighted by Gasteiger charge is -2.18. The standard InChI is InChI=1S/C77H138O6/c1-4-7-10-13-15-17-19-21-23-25-27-29-31-33-35-36-37-38-39-40-42-43-45-47-49-51-53-55-57-59-61-64-67-70-76(79)82-73-74(72-81-75(78)69-66-63-12-9-6-3)83-77(80)71-68-65-62-60-58-56-54-52-50-48-46-44-41-34-32-30-28-26-24-22-20-18-16-14-11-8-5-2/h7,10,15,17,21,23,27,29,33,35,37-38,74H,4-6,8-9,11-14,16,18-20,22,24-26,28,30-32,34,36,39-73H2,1-3H3/b10-7-,17-15-,23-21-,29-27-,35-33-,38-37-. The molecule has 0 spiro atoms. The van der Waals surface area contributed by atoms with Gasteiger partial charge in [-0.1, -0.05) is 363 Å². The molecule has 0 amide bonds. The van der Waals surface area contributed by atoms with Gasteiger partial charge in [0.05, 0.1) is 0 Å². The number of carbonyl (C=O) groups is 3. The quantitative estimate of drug-likeness (QED) is 0.0261. The zero-order chi connectivity index (χ0) is 59.9. The zero-order valence-corrected chi connectivity index (χ0v) is 55.5. The number of rotatable bonds is 67. The molecule has 0 aromatic rings. The summed E-state index contributed by atoms with van der Waals surface area (Å²) in [7, 11) is 0. The Labute approximate surface area is 516 Å². The van der Waals surface area contributed by atoms with Crippen molar-refractivity contribution in [2.45, 2.75) is 386 Å². The van der Waals surface area contributed by atoms with Crippen molar-refractivity contribution < 1.29 is 28.6 Å². The van der Waals surface area contributed by atoms with Crippen LogP contribution in [0.3, 0.4) is 0 Å². The molecular weight excluding hydrogens is 1020 g/mol. The summed E-state index contributed by atoms with van der Waals surface area (Å²) in [5.41, 5.74) is 0. The monoisotopic (exact) mass is 1160 g/mol. The minimum atomic E-state index is -0.769. The lowest BCUT2D eigenvalue weighted by molar-refractivity contribution is -0.167. The summed E-state index contributed by atoms with van der Waals surface area (Å²) in [6, 6.07) is 0. The fourth-order valence-electron chi connectivity index (χ4n) is 10.8. The molecule has 6 heteroatoms. The number of unbranched alkanes of at least 4 members (excludes halogenated alkanes) is 44. The largest absolute Gasteiger partial charge is 0.462 e. The normalized spacial score (nSPS) is 12.5. The molecule has 0 saturated heterocycles. The number of carbonyl (C=O) groups excluding carboxylic acids is 3. The van der Waals surface area contributed by atoms with Crippen LogP contribution in [0.5, 0.6) is 0 Å². The van der Waals surface area contributed by atoms with Gasteiger partial charge in [-0.15, -0.1) is 0 Å². The van der Waals surface area contributed by atoms with Crippen molar-refractivity contribution in [1.82, 2.24) is 0 Å². The van der Waals surface area contributed by atoms with Crippen LogP contribution in [0.15, 0.2) is 72.9 Å². The fraction of sp³-hybridized carbons (Fsp3) is 0.805. The van der Waals surface area contributed by atoms with Crippen LogP contribution in [0.25, 0.3) is 0 Å². The highest BCUT2D eigenvalue weighted by molar-refractivity contribution is 5.71. The summed E-state index contributed by atoms with van der Waals surface area (Å²) < 4.78 is 16.8. The van der Waals surface area contributed by atoms with Gasteiger partial charge in [-0.3, -0.25) is 14.4 Å². The van der Waals surface area contributed by atoms with Crippen LogP contribution in [-0.4, -0.2) is 37.2 Å². The van der Waals surface area contributed by atoms with E-state index in [0.717, 1.165) is 103 Å². The Hall–Kier alpha value is -3.15. The van der Waals surface area contributed by atoms with Crippen LogP contribution in [0.4, 0.5) is 0 Å². The molecule has 83 heavy (non-hydrogen) atoms. The smallest absolute Gasteiger partial charge is 0.306 e. The molecule has 0 saturated carbocycles. The number of esters is 3. The lowest BCUT2D eigenvalue weighted by atomic mass is 10.0. The van der Waals surface area contributed by atoms with E-state index in [0.29, 0.717) is 19.3 Å². The summed E-state index contributed by atoms with van der Waals surface area (Å²) in [6.45, 7) is 6.50. The number of hydrogen-bond acceptors (Lipinski definition) is 6. The molecule has 0 rings (SSSR count). The van der Waals surface area contributed by atoms with Gasteiger partial charge < -0.3 is 14.2 Å².